The summed E-state index contributed by atoms with van der Waals surface area (Å²) in [7, 11) is -3.48. The largest absolute Gasteiger partial charge is 0.386 e. The van der Waals surface area contributed by atoms with Gasteiger partial charge in [-0.3, -0.25) is 4.99 Å². The molecule has 1 spiro atoms. The average Bonchev–Trinajstić information content (AvgIpc) is 3.09. The van der Waals surface area contributed by atoms with Crippen molar-refractivity contribution in [2.75, 3.05) is 5.75 Å². The fraction of sp³-hybridized carbons (Fsp3) is 0.429. The van der Waals surface area contributed by atoms with E-state index >= 15 is 0 Å². The van der Waals surface area contributed by atoms with Crippen molar-refractivity contribution in [2.45, 2.75) is 49.3 Å². The summed E-state index contributed by atoms with van der Waals surface area (Å²) in [6, 6.07) is 11.2. The fourth-order valence-corrected chi connectivity index (χ4v) is 8.71. The molecule has 2 heterocycles. The van der Waals surface area contributed by atoms with E-state index in [1.807, 2.05) is 18.2 Å². The first-order chi connectivity index (χ1) is 13.7. The highest BCUT2D eigenvalue weighted by atomic mass is 35.5. The van der Waals surface area contributed by atoms with Gasteiger partial charge in [-0.25, -0.2) is 8.42 Å². The molecule has 152 valence electrons. The maximum absolute atomic E-state index is 13.4. The number of benzene rings is 1. The second-order valence-electron chi connectivity index (χ2n) is 8.07. The van der Waals surface area contributed by atoms with Crippen molar-refractivity contribution in [1.82, 2.24) is 0 Å². The van der Waals surface area contributed by atoms with Crippen LogP contribution >= 0.6 is 22.9 Å². The van der Waals surface area contributed by atoms with Crippen LogP contribution < -0.4 is 5.73 Å². The Labute approximate surface area is 180 Å². The maximum Gasteiger partial charge on any atom is 0.165 e. The molecule has 2 aliphatic rings. The zero-order valence-corrected chi connectivity index (χ0v) is 18.5. The van der Waals surface area contributed by atoms with Gasteiger partial charge in [-0.15, -0.1) is 11.3 Å². The van der Waals surface area contributed by atoms with Crippen LogP contribution in [0.1, 0.15) is 49.5 Å². The number of nitrogens with two attached hydrogens (primary N) is 1. The summed E-state index contributed by atoms with van der Waals surface area (Å²) in [6.07, 6.45) is 3.83. The van der Waals surface area contributed by atoms with Crippen molar-refractivity contribution in [3.05, 3.63) is 45.8 Å². The summed E-state index contributed by atoms with van der Waals surface area (Å²) in [6.45, 7) is 1.79. The van der Waals surface area contributed by atoms with Crippen molar-refractivity contribution in [2.24, 2.45) is 10.7 Å². The normalized spacial score (nSPS) is 25.3. The van der Waals surface area contributed by atoms with E-state index in [0.717, 1.165) is 29.7 Å². The van der Waals surface area contributed by atoms with Gasteiger partial charge in [0.25, 0.3) is 0 Å². The third-order valence-electron chi connectivity index (χ3n) is 6.01. The quantitative estimate of drug-likeness (QED) is 0.724. The predicted octanol–water partition coefficient (Wildman–Crippen LogP) is 4.64. The van der Waals surface area contributed by atoms with E-state index in [2.05, 4.69) is 6.07 Å². The molecule has 0 bridgehead atoms. The van der Waals surface area contributed by atoms with Gasteiger partial charge < -0.3 is 5.73 Å². The molecule has 1 saturated carbocycles. The number of nitrogens with zero attached hydrogens (tertiary/aromatic N) is 2. The standard InChI is InChI=1S/C21H22ClN3O2S2/c1-20(13-29(26,27)21(19(24)25-20)8-3-2-4-9-21)18-16(22)11-17(28-18)15-7-5-6-14(10-15)12-23/h5-7,10-11H,2-4,8-9,13H2,1H3,(H2,24,25). The number of aliphatic imine (C=N–C) groups is 1. The van der Waals surface area contributed by atoms with Gasteiger partial charge in [0, 0.05) is 4.88 Å². The van der Waals surface area contributed by atoms with Gasteiger partial charge in [0.15, 0.2) is 9.84 Å². The molecule has 1 unspecified atom stereocenters. The molecule has 1 aromatic heterocycles. The SMILES string of the molecule is CC1(c2sc(-c3cccc(C#N)c3)cc2Cl)CS(=O)(=O)C2(CCCCC2)C(N)=N1. The minimum Gasteiger partial charge on any atom is -0.386 e. The lowest BCUT2D eigenvalue weighted by Gasteiger charge is -2.43. The molecule has 0 amide bonds. The number of hydrogen-bond acceptors (Lipinski definition) is 6. The number of thiophene rings is 1. The molecular formula is C21H22ClN3O2S2. The number of rotatable bonds is 2. The van der Waals surface area contributed by atoms with E-state index in [0.29, 0.717) is 28.3 Å². The lowest BCUT2D eigenvalue weighted by molar-refractivity contribution is 0.415. The molecule has 1 atom stereocenters. The van der Waals surface area contributed by atoms with E-state index in [4.69, 9.17) is 27.6 Å². The summed E-state index contributed by atoms with van der Waals surface area (Å²) in [4.78, 5) is 6.30. The molecule has 1 fully saturated rings. The first-order valence-electron chi connectivity index (χ1n) is 9.59. The Kier molecular flexibility index (Phi) is 5.01. The smallest absolute Gasteiger partial charge is 0.165 e. The van der Waals surface area contributed by atoms with E-state index in [1.165, 1.54) is 11.3 Å². The molecule has 1 aliphatic heterocycles. The molecule has 4 rings (SSSR count). The number of amidine groups is 1. The summed E-state index contributed by atoms with van der Waals surface area (Å²) in [5, 5.41) is 9.62. The van der Waals surface area contributed by atoms with Gasteiger partial charge in [0.2, 0.25) is 0 Å². The minimum absolute atomic E-state index is 0.0986. The molecule has 8 heteroatoms. The highest BCUT2D eigenvalue weighted by Crippen LogP contribution is 2.48. The zero-order valence-electron chi connectivity index (χ0n) is 16.1. The molecule has 29 heavy (non-hydrogen) atoms. The molecular weight excluding hydrogens is 426 g/mol. The van der Waals surface area contributed by atoms with Crippen molar-refractivity contribution in [3.8, 4) is 16.5 Å². The Morgan fingerprint density at radius 1 is 1.24 bits per heavy atom. The Morgan fingerprint density at radius 3 is 2.62 bits per heavy atom. The lowest BCUT2D eigenvalue weighted by Crippen LogP contribution is -2.58. The van der Waals surface area contributed by atoms with Crippen molar-refractivity contribution in [1.29, 1.82) is 5.26 Å². The molecule has 1 aromatic carbocycles. The van der Waals surface area contributed by atoms with Gasteiger partial charge in [-0.05, 0) is 43.5 Å². The monoisotopic (exact) mass is 447 g/mol. The maximum atomic E-state index is 13.4. The average molecular weight is 448 g/mol. The van der Waals surface area contributed by atoms with Crippen LogP contribution in [0.15, 0.2) is 35.3 Å². The van der Waals surface area contributed by atoms with Crippen LogP contribution in [0.25, 0.3) is 10.4 Å². The third kappa shape index (κ3) is 3.27. The van der Waals surface area contributed by atoms with Crippen LogP contribution in [0.3, 0.4) is 0 Å². The molecule has 1 aliphatic carbocycles. The highest BCUT2D eigenvalue weighted by molar-refractivity contribution is 7.93. The van der Waals surface area contributed by atoms with Crippen LogP contribution in [-0.4, -0.2) is 24.8 Å². The first-order valence-corrected chi connectivity index (χ1v) is 12.4. The summed E-state index contributed by atoms with van der Waals surface area (Å²) >= 11 is 7.96. The Morgan fingerprint density at radius 2 is 1.97 bits per heavy atom. The number of nitriles is 1. The second-order valence-corrected chi connectivity index (χ2v) is 11.8. The van der Waals surface area contributed by atoms with Crippen LogP contribution in [0, 0.1) is 11.3 Å². The summed E-state index contributed by atoms with van der Waals surface area (Å²) in [5.74, 6) is 0.127. The van der Waals surface area contributed by atoms with Crippen molar-refractivity contribution in [3.63, 3.8) is 0 Å². The molecule has 2 aromatic rings. The van der Waals surface area contributed by atoms with Gasteiger partial charge in [0.1, 0.15) is 16.1 Å². The zero-order chi connectivity index (χ0) is 20.9. The van der Waals surface area contributed by atoms with Gasteiger partial charge in [-0.1, -0.05) is 43.0 Å². The van der Waals surface area contributed by atoms with Crippen LogP contribution in [0.4, 0.5) is 0 Å². The lowest BCUT2D eigenvalue weighted by atomic mass is 9.86. The molecule has 5 nitrogen and oxygen atoms in total. The fourth-order valence-electron chi connectivity index (χ4n) is 4.49. The summed E-state index contributed by atoms with van der Waals surface area (Å²) < 4.78 is 25.8. The van der Waals surface area contributed by atoms with Gasteiger partial charge in [-0.2, -0.15) is 5.26 Å². The van der Waals surface area contributed by atoms with Gasteiger partial charge in [0.05, 0.1) is 27.3 Å². The van der Waals surface area contributed by atoms with E-state index < -0.39 is 20.1 Å². The van der Waals surface area contributed by atoms with E-state index in [-0.39, 0.29) is 11.6 Å². The highest BCUT2D eigenvalue weighted by Gasteiger charge is 2.55. The van der Waals surface area contributed by atoms with Crippen molar-refractivity contribution < 1.29 is 8.42 Å². The molecule has 0 saturated heterocycles. The third-order valence-corrected chi connectivity index (χ3v) is 10.6. The van der Waals surface area contributed by atoms with Crippen LogP contribution in [-0.2, 0) is 15.4 Å². The number of hydrogen-bond donors (Lipinski definition) is 1. The van der Waals surface area contributed by atoms with Crippen molar-refractivity contribution >= 4 is 38.6 Å². The summed E-state index contributed by atoms with van der Waals surface area (Å²) in [5.41, 5.74) is 6.74. The predicted molar refractivity (Wildman–Crippen MR) is 118 cm³/mol. The van der Waals surface area contributed by atoms with E-state index in [9.17, 15) is 8.42 Å². The van der Waals surface area contributed by atoms with Crippen LogP contribution in [0.2, 0.25) is 5.02 Å². The molecule has 2 N–H and O–H groups in total. The first kappa shape index (κ1) is 20.4. The molecule has 0 radical (unpaired) electrons. The number of halogens is 1. The second kappa shape index (κ2) is 7.12. The Hall–Kier alpha value is -1.88. The van der Waals surface area contributed by atoms with E-state index in [1.54, 1.807) is 19.1 Å². The topological polar surface area (TPSA) is 96.3 Å². The minimum atomic E-state index is -3.48. The number of sulfone groups is 1. The van der Waals surface area contributed by atoms with Crippen LogP contribution in [0.5, 0.6) is 0 Å². The van der Waals surface area contributed by atoms with Gasteiger partial charge >= 0.3 is 0 Å². The Balaban J connectivity index is 1.79. The Bertz CT molecular complexity index is 1140.